The summed E-state index contributed by atoms with van der Waals surface area (Å²) in [7, 11) is 0. The number of hydrogen-bond donors (Lipinski definition) is 0. The van der Waals surface area contributed by atoms with E-state index in [1.807, 2.05) is 30.3 Å². The molecule has 9 heteroatoms. The molecule has 0 aliphatic rings. The van der Waals surface area contributed by atoms with Gasteiger partial charge in [0.1, 0.15) is 17.1 Å². The SMILES string of the molecule is O=C(Oc1ccc2c(=O)c(Oc3ccc(-c4ccccc4)cc3)c(C(F)(F)F)oc2c1)c1ccco1. The Labute approximate surface area is 201 Å². The third-order valence-electron chi connectivity index (χ3n) is 5.19. The zero-order valence-corrected chi connectivity index (χ0v) is 18.2. The summed E-state index contributed by atoms with van der Waals surface area (Å²) in [4.78, 5) is 25.1. The van der Waals surface area contributed by atoms with Gasteiger partial charge in [-0.15, -0.1) is 0 Å². The zero-order valence-electron chi connectivity index (χ0n) is 18.2. The lowest BCUT2D eigenvalue weighted by Gasteiger charge is -2.14. The zero-order chi connectivity index (χ0) is 25.3. The molecule has 6 nitrogen and oxygen atoms in total. The molecule has 0 amide bonds. The minimum atomic E-state index is -5.03. The Morgan fingerprint density at radius 3 is 2.17 bits per heavy atom. The van der Waals surface area contributed by atoms with Gasteiger partial charge in [0.15, 0.2) is 0 Å². The number of benzene rings is 3. The molecular weight excluding hydrogens is 477 g/mol. The second-order valence-electron chi connectivity index (χ2n) is 7.60. The van der Waals surface area contributed by atoms with Gasteiger partial charge in [-0.2, -0.15) is 13.2 Å². The largest absolute Gasteiger partial charge is 0.457 e. The first kappa shape index (κ1) is 23.0. The monoisotopic (exact) mass is 492 g/mol. The first-order valence-corrected chi connectivity index (χ1v) is 10.6. The number of rotatable bonds is 5. The van der Waals surface area contributed by atoms with Crippen molar-refractivity contribution in [3.05, 3.63) is 113 Å². The van der Waals surface area contributed by atoms with Crippen LogP contribution in [0.25, 0.3) is 22.1 Å². The lowest BCUT2D eigenvalue weighted by molar-refractivity contribution is -0.154. The second-order valence-corrected chi connectivity index (χ2v) is 7.60. The van der Waals surface area contributed by atoms with E-state index in [4.69, 9.17) is 18.3 Å². The predicted molar refractivity (Wildman–Crippen MR) is 123 cm³/mol. The highest BCUT2D eigenvalue weighted by atomic mass is 19.4. The summed E-state index contributed by atoms with van der Waals surface area (Å²) in [5, 5.41) is -0.184. The average molecular weight is 492 g/mol. The summed E-state index contributed by atoms with van der Waals surface area (Å²) < 4.78 is 62.0. The molecule has 5 aromatic rings. The fraction of sp³-hybridized carbons (Fsp3) is 0.0370. The van der Waals surface area contributed by atoms with Crippen LogP contribution < -0.4 is 14.9 Å². The van der Waals surface area contributed by atoms with Crippen molar-refractivity contribution in [1.82, 2.24) is 0 Å². The first-order chi connectivity index (χ1) is 17.3. The molecule has 0 aliphatic carbocycles. The molecule has 0 N–H and O–H groups in total. The van der Waals surface area contributed by atoms with Gasteiger partial charge in [0.2, 0.25) is 16.9 Å². The van der Waals surface area contributed by atoms with Gasteiger partial charge < -0.3 is 18.3 Å². The first-order valence-electron chi connectivity index (χ1n) is 10.6. The van der Waals surface area contributed by atoms with Gasteiger partial charge in [-0.3, -0.25) is 4.79 Å². The van der Waals surface area contributed by atoms with Crippen molar-refractivity contribution < 1.29 is 36.3 Å². The van der Waals surface area contributed by atoms with Crippen LogP contribution in [0.3, 0.4) is 0 Å². The number of fused-ring (bicyclic) bond motifs is 1. The number of furan rings is 1. The van der Waals surface area contributed by atoms with Crippen LogP contribution in [0.1, 0.15) is 16.3 Å². The summed E-state index contributed by atoms with van der Waals surface area (Å²) in [5.74, 6) is -3.68. The maximum atomic E-state index is 13.8. The fourth-order valence-corrected chi connectivity index (χ4v) is 3.52. The van der Waals surface area contributed by atoms with Crippen molar-refractivity contribution in [3.63, 3.8) is 0 Å². The molecule has 2 aromatic heterocycles. The quantitative estimate of drug-likeness (QED) is 0.193. The third kappa shape index (κ3) is 4.58. The minimum Gasteiger partial charge on any atom is -0.457 e. The number of carbonyl (C=O) groups is 1. The fourth-order valence-electron chi connectivity index (χ4n) is 3.52. The molecule has 0 atom stereocenters. The van der Waals surface area contributed by atoms with Crippen LogP contribution in [-0.2, 0) is 6.18 Å². The van der Waals surface area contributed by atoms with E-state index in [0.717, 1.165) is 17.2 Å². The van der Waals surface area contributed by atoms with Crippen LogP contribution in [-0.4, -0.2) is 5.97 Å². The number of hydrogen-bond acceptors (Lipinski definition) is 6. The van der Waals surface area contributed by atoms with E-state index in [9.17, 15) is 22.8 Å². The van der Waals surface area contributed by atoms with E-state index >= 15 is 0 Å². The van der Waals surface area contributed by atoms with Gasteiger partial charge in [0.25, 0.3) is 5.76 Å². The van der Waals surface area contributed by atoms with Gasteiger partial charge in [0, 0.05) is 6.07 Å². The molecule has 0 spiro atoms. The molecule has 0 bridgehead atoms. The Bertz CT molecular complexity index is 1590. The van der Waals surface area contributed by atoms with E-state index in [0.29, 0.717) is 0 Å². The van der Waals surface area contributed by atoms with E-state index in [1.165, 1.54) is 42.7 Å². The van der Waals surface area contributed by atoms with Crippen LogP contribution >= 0.6 is 0 Å². The van der Waals surface area contributed by atoms with Crippen LogP contribution in [0.15, 0.2) is 105 Å². The molecule has 0 unspecified atom stereocenters. The lowest BCUT2D eigenvalue weighted by Crippen LogP contribution is -2.15. The van der Waals surface area contributed by atoms with Gasteiger partial charge in [-0.1, -0.05) is 42.5 Å². The van der Waals surface area contributed by atoms with Crippen molar-refractivity contribution in [2.45, 2.75) is 6.18 Å². The molecule has 0 saturated carbocycles. The average Bonchev–Trinajstić information content (AvgIpc) is 3.41. The van der Waals surface area contributed by atoms with E-state index < -0.39 is 34.7 Å². The van der Waals surface area contributed by atoms with Crippen molar-refractivity contribution >= 4 is 16.9 Å². The molecule has 5 rings (SSSR count). The number of alkyl halides is 3. The summed E-state index contributed by atoms with van der Waals surface area (Å²) in [5.41, 5.74) is 0.276. The standard InChI is InChI=1S/C27H15F3O6/c28-27(29,30)25-24(34-18-10-8-17(9-11-18)16-5-2-1-3-6-16)23(31)20-13-12-19(15-22(20)36-25)35-26(32)21-7-4-14-33-21/h1-15H. The molecule has 0 radical (unpaired) electrons. The maximum Gasteiger partial charge on any atom is 0.453 e. The molecule has 3 aromatic carbocycles. The highest BCUT2D eigenvalue weighted by Crippen LogP contribution is 2.39. The van der Waals surface area contributed by atoms with Crippen molar-refractivity contribution in [2.24, 2.45) is 0 Å². The Hall–Kier alpha value is -4.79. The molecule has 2 heterocycles. The Morgan fingerprint density at radius 2 is 1.50 bits per heavy atom. The molecular formula is C27H15F3O6. The normalized spacial score (nSPS) is 11.4. The predicted octanol–water partition coefficient (Wildman–Crippen LogP) is 7.08. The molecule has 0 aliphatic heterocycles. The van der Waals surface area contributed by atoms with Crippen LogP contribution in [0.4, 0.5) is 13.2 Å². The van der Waals surface area contributed by atoms with Gasteiger partial charge in [0.05, 0.1) is 11.6 Å². The topological polar surface area (TPSA) is 78.9 Å². The van der Waals surface area contributed by atoms with Gasteiger partial charge in [-0.05, 0) is 47.5 Å². The molecule has 0 saturated heterocycles. The number of ether oxygens (including phenoxy) is 2. The third-order valence-corrected chi connectivity index (χ3v) is 5.19. The molecule has 0 fully saturated rings. The van der Waals surface area contributed by atoms with Crippen LogP contribution in [0.5, 0.6) is 17.2 Å². The van der Waals surface area contributed by atoms with Gasteiger partial charge >= 0.3 is 12.1 Å². The highest BCUT2D eigenvalue weighted by Gasteiger charge is 2.40. The van der Waals surface area contributed by atoms with Crippen molar-refractivity contribution in [3.8, 4) is 28.4 Å². The lowest BCUT2D eigenvalue weighted by atomic mass is 10.1. The Kier molecular flexibility index (Phi) is 5.81. The van der Waals surface area contributed by atoms with Crippen LogP contribution in [0, 0.1) is 0 Å². The number of carbonyl (C=O) groups excluding carboxylic acids is 1. The van der Waals surface area contributed by atoms with Gasteiger partial charge in [-0.25, -0.2) is 4.79 Å². The van der Waals surface area contributed by atoms with E-state index in [-0.39, 0.29) is 22.6 Å². The highest BCUT2D eigenvalue weighted by molar-refractivity contribution is 5.89. The minimum absolute atomic E-state index is 0.0239. The Balaban J connectivity index is 1.50. The summed E-state index contributed by atoms with van der Waals surface area (Å²) in [6, 6.07) is 21.9. The smallest absolute Gasteiger partial charge is 0.453 e. The number of halogens is 3. The van der Waals surface area contributed by atoms with Crippen LogP contribution in [0.2, 0.25) is 0 Å². The summed E-state index contributed by atoms with van der Waals surface area (Å²) in [6.07, 6.45) is -3.77. The summed E-state index contributed by atoms with van der Waals surface area (Å²) in [6.45, 7) is 0. The Morgan fingerprint density at radius 1 is 0.806 bits per heavy atom. The van der Waals surface area contributed by atoms with Crippen molar-refractivity contribution in [2.75, 3.05) is 0 Å². The molecule has 180 valence electrons. The number of esters is 1. The van der Waals surface area contributed by atoms with Crippen molar-refractivity contribution in [1.29, 1.82) is 0 Å². The molecule has 36 heavy (non-hydrogen) atoms. The van der Waals surface area contributed by atoms with E-state index in [1.54, 1.807) is 12.1 Å². The second kappa shape index (κ2) is 9.10. The van der Waals surface area contributed by atoms with E-state index in [2.05, 4.69) is 0 Å². The summed E-state index contributed by atoms with van der Waals surface area (Å²) >= 11 is 0. The maximum absolute atomic E-state index is 13.8.